The lowest BCUT2D eigenvalue weighted by Crippen LogP contribution is -2.14. The van der Waals surface area contributed by atoms with E-state index in [1.165, 1.54) is 0 Å². The molecule has 1 aromatic carbocycles. The van der Waals surface area contributed by atoms with Crippen molar-refractivity contribution < 1.29 is 9.53 Å². The van der Waals surface area contributed by atoms with E-state index < -0.39 is 0 Å². The number of methoxy groups -OCH3 is 1. The SMILES string of the molecule is COc1cccc(NC(=O)c2cc(-n3cccn3)ccn2)c1. The first-order chi connectivity index (χ1) is 10.8. The first-order valence-electron chi connectivity index (χ1n) is 6.68. The lowest BCUT2D eigenvalue weighted by molar-refractivity contribution is 0.102. The molecule has 0 fully saturated rings. The summed E-state index contributed by atoms with van der Waals surface area (Å²) in [7, 11) is 1.58. The van der Waals surface area contributed by atoms with Gasteiger partial charge in [0.25, 0.3) is 5.91 Å². The largest absolute Gasteiger partial charge is 0.497 e. The van der Waals surface area contributed by atoms with Gasteiger partial charge in [0.05, 0.1) is 12.8 Å². The number of hydrogen-bond acceptors (Lipinski definition) is 4. The molecule has 3 rings (SSSR count). The molecule has 22 heavy (non-hydrogen) atoms. The van der Waals surface area contributed by atoms with Gasteiger partial charge < -0.3 is 10.1 Å². The standard InChI is InChI=1S/C16H14N4O2/c1-22-14-5-2-4-12(10-14)19-16(21)15-11-13(6-8-17-15)20-9-3-7-18-20/h2-11H,1H3,(H,19,21). The quantitative estimate of drug-likeness (QED) is 0.802. The van der Waals surface area contributed by atoms with E-state index in [9.17, 15) is 4.79 Å². The highest BCUT2D eigenvalue weighted by Crippen LogP contribution is 2.17. The molecule has 0 atom stereocenters. The Morgan fingerprint density at radius 1 is 1.18 bits per heavy atom. The average Bonchev–Trinajstić information content (AvgIpc) is 3.09. The summed E-state index contributed by atoms with van der Waals surface area (Å²) in [4.78, 5) is 16.4. The van der Waals surface area contributed by atoms with Gasteiger partial charge in [0.15, 0.2) is 0 Å². The molecule has 3 aromatic rings. The molecule has 0 aliphatic rings. The van der Waals surface area contributed by atoms with Gasteiger partial charge in [-0.2, -0.15) is 5.10 Å². The lowest BCUT2D eigenvalue weighted by Gasteiger charge is -2.07. The van der Waals surface area contributed by atoms with Crippen LogP contribution in [-0.2, 0) is 0 Å². The third kappa shape index (κ3) is 2.95. The van der Waals surface area contributed by atoms with Gasteiger partial charge in [-0.3, -0.25) is 9.78 Å². The van der Waals surface area contributed by atoms with Crippen LogP contribution in [0.15, 0.2) is 61.1 Å². The third-order valence-electron chi connectivity index (χ3n) is 3.07. The molecule has 0 saturated carbocycles. The molecule has 2 aromatic heterocycles. The molecule has 1 amide bonds. The van der Waals surface area contributed by atoms with Crippen LogP contribution >= 0.6 is 0 Å². The van der Waals surface area contributed by atoms with Gasteiger partial charge in [-0.1, -0.05) is 6.07 Å². The number of rotatable bonds is 4. The predicted octanol–water partition coefficient (Wildman–Crippen LogP) is 2.53. The number of pyridine rings is 1. The molecule has 0 aliphatic heterocycles. The monoisotopic (exact) mass is 294 g/mol. The Hall–Kier alpha value is -3.15. The van der Waals surface area contributed by atoms with Gasteiger partial charge in [-0.05, 0) is 30.3 Å². The van der Waals surface area contributed by atoms with Crippen LogP contribution < -0.4 is 10.1 Å². The highest BCUT2D eigenvalue weighted by atomic mass is 16.5. The number of aromatic nitrogens is 3. The fourth-order valence-corrected chi connectivity index (χ4v) is 2.00. The molecule has 0 unspecified atom stereocenters. The topological polar surface area (TPSA) is 69.0 Å². The highest BCUT2D eigenvalue weighted by Gasteiger charge is 2.09. The first kappa shape index (κ1) is 13.8. The van der Waals surface area contributed by atoms with E-state index in [1.807, 2.05) is 18.2 Å². The van der Waals surface area contributed by atoms with E-state index in [0.29, 0.717) is 17.1 Å². The number of nitrogens with zero attached hydrogens (tertiary/aromatic N) is 3. The Morgan fingerprint density at radius 3 is 2.86 bits per heavy atom. The van der Waals surface area contributed by atoms with Crippen molar-refractivity contribution >= 4 is 11.6 Å². The Labute approximate surface area is 127 Å². The molecule has 6 heteroatoms. The predicted molar refractivity (Wildman–Crippen MR) is 82.3 cm³/mol. The number of carbonyl (C=O) groups is 1. The number of amides is 1. The number of ether oxygens (including phenoxy) is 1. The van der Waals surface area contributed by atoms with E-state index in [4.69, 9.17) is 4.74 Å². The Morgan fingerprint density at radius 2 is 2.09 bits per heavy atom. The summed E-state index contributed by atoms with van der Waals surface area (Å²) >= 11 is 0. The van der Waals surface area contributed by atoms with Gasteiger partial charge >= 0.3 is 0 Å². The summed E-state index contributed by atoms with van der Waals surface area (Å²) in [5.74, 6) is 0.387. The number of anilines is 1. The van der Waals surface area contributed by atoms with Crippen molar-refractivity contribution in [1.29, 1.82) is 0 Å². The normalized spacial score (nSPS) is 10.2. The summed E-state index contributed by atoms with van der Waals surface area (Å²) in [6.45, 7) is 0. The molecule has 0 aliphatic carbocycles. The van der Waals surface area contributed by atoms with Crippen LogP contribution in [0.4, 0.5) is 5.69 Å². The minimum atomic E-state index is -0.290. The van der Waals surface area contributed by atoms with Crippen molar-refractivity contribution in [1.82, 2.24) is 14.8 Å². The van der Waals surface area contributed by atoms with Crippen molar-refractivity contribution in [2.45, 2.75) is 0 Å². The van der Waals surface area contributed by atoms with E-state index in [2.05, 4.69) is 15.4 Å². The molecular formula is C16H14N4O2. The van der Waals surface area contributed by atoms with Crippen molar-refractivity contribution in [2.75, 3.05) is 12.4 Å². The maximum atomic E-state index is 12.3. The zero-order chi connectivity index (χ0) is 15.4. The number of carbonyl (C=O) groups excluding carboxylic acids is 1. The van der Waals surface area contributed by atoms with Crippen molar-refractivity contribution in [3.8, 4) is 11.4 Å². The van der Waals surface area contributed by atoms with Crippen LogP contribution in [0.5, 0.6) is 5.75 Å². The Bertz CT molecular complexity index is 784. The highest BCUT2D eigenvalue weighted by molar-refractivity contribution is 6.03. The first-order valence-corrected chi connectivity index (χ1v) is 6.68. The summed E-state index contributed by atoms with van der Waals surface area (Å²) in [6, 6.07) is 12.4. The summed E-state index contributed by atoms with van der Waals surface area (Å²) in [5, 5.41) is 6.93. The van der Waals surface area contributed by atoms with Crippen LogP contribution in [0.1, 0.15) is 10.5 Å². The van der Waals surface area contributed by atoms with Crippen molar-refractivity contribution in [2.24, 2.45) is 0 Å². The van der Waals surface area contributed by atoms with E-state index in [1.54, 1.807) is 54.6 Å². The minimum absolute atomic E-state index is 0.290. The van der Waals surface area contributed by atoms with Crippen LogP contribution in [0, 0.1) is 0 Å². The maximum absolute atomic E-state index is 12.3. The van der Waals surface area contributed by atoms with Gasteiger partial charge in [-0.15, -0.1) is 0 Å². The zero-order valence-corrected chi connectivity index (χ0v) is 11.9. The second-order valence-electron chi connectivity index (χ2n) is 4.54. The van der Waals surface area contributed by atoms with Crippen LogP contribution in [0.25, 0.3) is 5.69 Å². The van der Waals surface area contributed by atoms with Crippen molar-refractivity contribution in [3.63, 3.8) is 0 Å². The maximum Gasteiger partial charge on any atom is 0.274 e. The molecule has 110 valence electrons. The number of nitrogens with one attached hydrogen (secondary N) is 1. The third-order valence-corrected chi connectivity index (χ3v) is 3.07. The second-order valence-corrected chi connectivity index (χ2v) is 4.54. The fourth-order valence-electron chi connectivity index (χ4n) is 2.00. The van der Waals surface area contributed by atoms with E-state index in [-0.39, 0.29) is 5.91 Å². The number of hydrogen-bond donors (Lipinski definition) is 1. The zero-order valence-electron chi connectivity index (χ0n) is 11.9. The van der Waals surface area contributed by atoms with Gasteiger partial charge in [0, 0.05) is 30.3 Å². The molecule has 0 spiro atoms. The molecule has 0 bridgehead atoms. The molecule has 1 N–H and O–H groups in total. The minimum Gasteiger partial charge on any atom is -0.497 e. The van der Waals surface area contributed by atoms with Crippen LogP contribution in [0.3, 0.4) is 0 Å². The summed E-state index contributed by atoms with van der Waals surface area (Å²) in [5.41, 5.74) is 1.74. The van der Waals surface area contributed by atoms with E-state index in [0.717, 1.165) is 5.69 Å². The van der Waals surface area contributed by atoms with Crippen LogP contribution in [0.2, 0.25) is 0 Å². The second kappa shape index (κ2) is 6.09. The number of benzene rings is 1. The molecule has 6 nitrogen and oxygen atoms in total. The van der Waals surface area contributed by atoms with Gasteiger partial charge in [-0.25, -0.2) is 4.68 Å². The van der Waals surface area contributed by atoms with E-state index >= 15 is 0 Å². The smallest absolute Gasteiger partial charge is 0.274 e. The average molecular weight is 294 g/mol. The van der Waals surface area contributed by atoms with Crippen LogP contribution in [-0.4, -0.2) is 27.8 Å². The fraction of sp³-hybridized carbons (Fsp3) is 0.0625. The Balaban J connectivity index is 1.81. The summed E-state index contributed by atoms with van der Waals surface area (Å²) in [6.07, 6.45) is 5.06. The molecule has 0 saturated heterocycles. The van der Waals surface area contributed by atoms with Crippen molar-refractivity contribution in [3.05, 3.63) is 66.7 Å². The van der Waals surface area contributed by atoms with Gasteiger partial charge in [0.1, 0.15) is 11.4 Å². The lowest BCUT2D eigenvalue weighted by atomic mass is 10.2. The molecule has 2 heterocycles. The summed E-state index contributed by atoms with van der Waals surface area (Å²) < 4.78 is 6.80. The Kier molecular flexibility index (Phi) is 3.82. The van der Waals surface area contributed by atoms with Gasteiger partial charge in [0.2, 0.25) is 0 Å². The molecular weight excluding hydrogens is 280 g/mol. The molecule has 0 radical (unpaired) electrons.